The minimum atomic E-state index is -1.11. The van der Waals surface area contributed by atoms with E-state index in [1.807, 2.05) is 0 Å². The van der Waals surface area contributed by atoms with Gasteiger partial charge in [0.25, 0.3) is 0 Å². The van der Waals surface area contributed by atoms with Gasteiger partial charge in [-0.3, -0.25) is 0 Å². The standard InChI is InChI=1S/C12H9FN2O3/c1-7-2-3-8(13)6-9(7)12-15-14-10(18-12)4-5-11(16)17/h2-6H,1H3,(H,16,17)/b5-4+. The third kappa shape index (κ3) is 2.60. The number of carboxylic acids is 1. The first-order valence-corrected chi connectivity index (χ1v) is 5.07. The Balaban J connectivity index is 2.35. The number of carbonyl (C=O) groups is 1. The van der Waals surface area contributed by atoms with Crippen molar-refractivity contribution in [2.45, 2.75) is 6.92 Å². The quantitative estimate of drug-likeness (QED) is 0.843. The fourth-order valence-electron chi connectivity index (χ4n) is 1.38. The predicted molar refractivity (Wildman–Crippen MR) is 61.1 cm³/mol. The van der Waals surface area contributed by atoms with Crippen LogP contribution >= 0.6 is 0 Å². The Morgan fingerprint density at radius 1 is 1.44 bits per heavy atom. The highest BCUT2D eigenvalue weighted by molar-refractivity contribution is 5.84. The van der Waals surface area contributed by atoms with E-state index in [1.165, 1.54) is 18.2 Å². The molecule has 0 fully saturated rings. The normalized spacial score (nSPS) is 11.0. The molecule has 92 valence electrons. The molecule has 18 heavy (non-hydrogen) atoms. The van der Waals surface area contributed by atoms with Crippen molar-refractivity contribution in [3.8, 4) is 11.5 Å². The summed E-state index contributed by atoms with van der Waals surface area (Å²) in [5, 5.41) is 15.8. The molecule has 0 radical (unpaired) electrons. The first kappa shape index (κ1) is 12.0. The maximum Gasteiger partial charge on any atom is 0.328 e. The fraction of sp³-hybridized carbons (Fsp3) is 0.0833. The SMILES string of the molecule is Cc1ccc(F)cc1-c1nnc(/C=C/C(=O)O)o1. The number of halogens is 1. The average molecular weight is 248 g/mol. The van der Waals surface area contributed by atoms with Crippen LogP contribution in [0.4, 0.5) is 4.39 Å². The summed E-state index contributed by atoms with van der Waals surface area (Å²) in [5.41, 5.74) is 1.27. The smallest absolute Gasteiger partial charge is 0.328 e. The average Bonchev–Trinajstić information content (AvgIpc) is 2.78. The number of aryl methyl sites for hydroxylation is 1. The van der Waals surface area contributed by atoms with Gasteiger partial charge in [0.1, 0.15) is 5.82 Å². The van der Waals surface area contributed by atoms with Crippen LogP contribution in [0.2, 0.25) is 0 Å². The maximum absolute atomic E-state index is 13.1. The number of aliphatic carboxylic acids is 1. The van der Waals surface area contributed by atoms with Gasteiger partial charge in [0.2, 0.25) is 11.8 Å². The van der Waals surface area contributed by atoms with Crippen LogP contribution in [0.3, 0.4) is 0 Å². The van der Waals surface area contributed by atoms with Gasteiger partial charge in [-0.2, -0.15) is 0 Å². The van der Waals surface area contributed by atoms with Crippen LogP contribution in [0.15, 0.2) is 28.7 Å². The molecule has 2 aromatic rings. The first-order chi connectivity index (χ1) is 8.56. The molecule has 0 amide bonds. The van der Waals surface area contributed by atoms with E-state index in [0.29, 0.717) is 5.56 Å². The van der Waals surface area contributed by atoms with Crippen LogP contribution in [0.25, 0.3) is 17.5 Å². The molecule has 0 aliphatic heterocycles. The van der Waals surface area contributed by atoms with Gasteiger partial charge < -0.3 is 9.52 Å². The Bertz CT molecular complexity index is 620. The second kappa shape index (κ2) is 4.79. The van der Waals surface area contributed by atoms with Crippen LogP contribution in [0, 0.1) is 12.7 Å². The van der Waals surface area contributed by atoms with E-state index in [0.717, 1.165) is 11.6 Å². The molecule has 0 saturated carbocycles. The number of hydrogen-bond donors (Lipinski definition) is 1. The van der Waals surface area contributed by atoms with Crippen LogP contribution < -0.4 is 0 Å². The van der Waals surface area contributed by atoms with Gasteiger partial charge in [-0.05, 0) is 24.6 Å². The zero-order chi connectivity index (χ0) is 13.1. The van der Waals surface area contributed by atoms with Crippen LogP contribution in [0.1, 0.15) is 11.5 Å². The van der Waals surface area contributed by atoms with Gasteiger partial charge in [-0.1, -0.05) is 6.07 Å². The van der Waals surface area contributed by atoms with E-state index >= 15 is 0 Å². The lowest BCUT2D eigenvalue weighted by molar-refractivity contribution is -0.131. The van der Waals surface area contributed by atoms with Crippen molar-refractivity contribution in [3.05, 3.63) is 41.5 Å². The third-order valence-electron chi connectivity index (χ3n) is 2.24. The molecule has 1 aromatic heterocycles. The van der Waals surface area contributed by atoms with E-state index in [9.17, 15) is 9.18 Å². The van der Waals surface area contributed by atoms with Gasteiger partial charge in [0, 0.05) is 17.7 Å². The topological polar surface area (TPSA) is 76.2 Å². The van der Waals surface area contributed by atoms with E-state index in [2.05, 4.69) is 10.2 Å². The van der Waals surface area contributed by atoms with Gasteiger partial charge >= 0.3 is 5.97 Å². The molecular weight excluding hydrogens is 239 g/mol. The Hall–Kier alpha value is -2.50. The van der Waals surface area contributed by atoms with E-state index < -0.39 is 11.8 Å². The molecule has 1 N–H and O–H groups in total. The van der Waals surface area contributed by atoms with Crippen molar-refractivity contribution in [2.75, 3.05) is 0 Å². The monoisotopic (exact) mass is 248 g/mol. The largest absolute Gasteiger partial charge is 0.478 e. The predicted octanol–water partition coefficient (Wildman–Crippen LogP) is 2.28. The van der Waals surface area contributed by atoms with Gasteiger partial charge in [-0.25, -0.2) is 9.18 Å². The molecule has 2 rings (SSSR count). The van der Waals surface area contributed by atoms with E-state index in [1.54, 1.807) is 13.0 Å². The molecule has 0 atom stereocenters. The number of nitrogens with zero attached hydrogens (tertiary/aromatic N) is 2. The number of benzene rings is 1. The summed E-state index contributed by atoms with van der Waals surface area (Å²) in [6, 6.07) is 4.22. The van der Waals surface area contributed by atoms with Gasteiger partial charge in [-0.15, -0.1) is 10.2 Å². The highest BCUT2D eigenvalue weighted by Crippen LogP contribution is 2.23. The summed E-state index contributed by atoms with van der Waals surface area (Å²) in [6.07, 6.45) is 2.06. The molecule has 6 heteroatoms. The van der Waals surface area contributed by atoms with Crippen LogP contribution in [0.5, 0.6) is 0 Å². The summed E-state index contributed by atoms with van der Waals surface area (Å²) in [7, 11) is 0. The lowest BCUT2D eigenvalue weighted by Crippen LogP contribution is -1.85. The second-order valence-electron chi connectivity index (χ2n) is 3.58. The molecule has 0 saturated heterocycles. The second-order valence-corrected chi connectivity index (χ2v) is 3.58. The zero-order valence-corrected chi connectivity index (χ0v) is 9.42. The fourth-order valence-corrected chi connectivity index (χ4v) is 1.38. The highest BCUT2D eigenvalue weighted by atomic mass is 19.1. The number of carboxylic acid groups (broad SMARTS) is 1. The molecular formula is C12H9FN2O3. The van der Waals surface area contributed by atoms with Crippen LogP contribution in [-0.2, 0) is 4.79 Å². The number of hydrogen-bond acceptors (Lipinski definition) is 4. The Kier molecular flexibility index (Phi) is 3.18. The molecule has 0 aliphatic carbocycles. The van der Waals surface area contributed by atoms with Gasteiger partial charge in [0.05, 0.1) is 0 Å². The van der Waals surface area contributed by atoms with Crippen molar-refractivity contribution in [1.29, 1.82) is 0 Å². The number of aromatic nitrogens is 2. The first-order valence-electron chi connectivity index (χ1n) is 5.07. The summed E-state index contributed by atoms with van der Waals surface area (Å²) in [5.74, 6) is -1.32. The minimum absolute atomic E-state index is 0.0519. The highest BCUT2D eigenvalue weighted by Gasteiger charge is 2.10. The minimum Gasteiger partial charge on any atom is -0.478 e. The lowest BCUT2D eigenvalue weighted by Gasteiger charge is -1.99. The van der Waals surface area contributed by atoms with Gasteiger partial charge in [0.15, 0.2) is 0 Å². The Morgan fingerprint density at radius 2 is 2.22 bits per heavy atom. The summed E-state index contributed by atoms with van der Waals surface area (Å²) < 4.78 is 18.3. The molecule has 1 heterocycles. The molecule has 0 unspecified atom stereocenters. The maximum atomic E-state index is 13.1. The van der Waals surface area contributed by atoms with Crippen molar-refractivity contribution in [1.82, 2.24) is 10.2 Å². The Morgan fingerprint density at radius 3 is 2.94 bits per heavy atom. The molecule has 5 nitrogen and oxygen atoms in total. The summed E-state index contributed by atoms with van der Waals surface area (Å²) >= 11 is 0. The Labute approximate surface area is 102 Å². The van der Waals surface area contributed by atoms with Crippen molar-refractivity contribution in [3.63, 3.8) is 0 Å². The number of rotatable bonds is 3. The summed E-state index contributed by atoms with van der Waals surface area (Å²) in [4.78, 5) is 10.3. The van der Waals surface area contributed by atoms with Crippen molar-refractivity contribution >= 4 is 12.0 Å². The molecule has 0 aliphatic rings. The third-order valence-corrected chi connectivity index (χ3v) is 2.24. The van der Waals surface area contributed by atoms with Crippen molar-refractivity contribution in [2.24, 2.45) is 0 Å². The summed E-state index contributed by atoms with van der Waals surface area (Å²) in [6.45, 7) is 1.78. The van der Waals surface area contributed by atoms with E-state index in [-0.39, 0.29) is 11.8 Å². The van der Waals surface area contributed by atoms with Crippen LogP contribution in [-0.4, -0.2) is 21.3 Å². The molecule has 1 aromatic carbocycles. The molecule has 0 bridgehead atoms. The molecule has 0 spiro atoms. The van der Waals surface area contributed by atoms with Crippen molar-refractivity contribution < 1.29 is 18.7 Å². The zero-order valence-electron chi connectivity index (χ0n) is 9.42. The van der Waals surface area contributed by atoms with E-state index in [4.69, 9.17) is 9.52 Å². The lowest BCUT2D eigenvalue weighted by atomic mass is 10.1.